The van der Waals surface area contributed by atoms with Gasteiger partial charge < -0.3 is 0 Å². The van der Waals surface area contributed by atoms with E-state index in [2.05, 4.69) is 19.7 Å². The standard InChI is InChI=1S/C12H16N2O/c1-4-7-11-10-12(15)14(9-6-3)13(11)8-5-2/h4-6,10H,1-3,7-9H2. The highest BCUT2D eigenvalue weighted by atomic mass is 16.1. The number of hydrogen-bond acceptors (Lipinski definition) is 1. The first-order valence-corrected chi connectivity index (χ1v) is 4.86. The van der Waals surface area contributed by atoms with Crippen molar-refractivity contribution in [2.75, 3.05) is 0 Å². The molecule has 0 fully saturated rings. The number of aromatic nitrogens is 2. The molecule has 0 saturated heterocycles. The van der Waals surface area contributed by atoms with Crippen LogP contribution in [0.1, 0.15) is 5.69 Å². The lowest BCUT2D eigenvalue weighted by Crippen LogP contribution is -2.22. The van der Waals surface area contributed by atoms with Gasteiger partial charge in [0, 0.05) is 18.2 Å². The minimum Gasteiger partial charge on any atom is -0.282 e. The predicted molar refractivity (Wildman–Crippen MR) is 63.0 cm³/mol. The van der Waals surface area contributed by atoms with E-state index in [1.807, 2.05) is 4.68 Å². The average Bonchev–Trinajstić information content (AvgIpc) is 2.48. The fourth-order valence-electron chi connectivity index (χ4n) is 1.53. The smallest absolute Gasteiger partial charge is 0.267 e. The van der Waals surface area contributed by atoms with E-state index in [1.54, 1.807) is 29.0 Å². The van der Waals surface area contributed by atoms with Crippen LogP contribution in [0.5, 0.6) is 0 Å². The van der Waals surface area contributed by atoms with E-state index in [0.29, 0.717) is 19.5 Å². The maximum atomic E-state index is 11.6. The third-order valence-electron chi connectivity index (χ3n) is 2.12. The SMILES string of the molecule is C=CCc1cc(=O)n(CC=C)n1CC=C. The first-order chi connectivity index (χ1) is 7.24. The van der Waals surface area contributed by atoms with Gasteiger partial charge in [-0.3, -0.25) is 9.48 Å². The van der Waals surface area contributed by atoms with E-state index in [1.165, 1.54) is 0 Å². The van der Waals surface area contributed by atoms with E-state index in [4.69, 9.17) is 0 Å². The zero-order valence-electron chi connectivity index (χ0n) is 8.85. The van der Waals surface area contributed by atoms with Crippen LogP contribution >= 0.6 is 0 Å². The molecule has 0 bridgehead atoms. The molecule has 1 rings (SSSR count). The maximum Gasteiger partial charge on any atom is 0.267 e. The summed E-state index contributed by atoms with van der Waals surface area (Å²) in [6, 6.07) is 1.63. The molecule has 0 spiro atoms. The van der Waals surface area contributed by atoms with E-state index < -0.39 is 0 Å². The van der Waals surface area contributed by atoms with Crippen LogP contribution in [0.25, 0.3) is 0 Å². The van der Waals surface area contributed by atoms with Crippen LogP contribution in [0, 0.1) is 0 Å². The van der Waals surface area contributed by atoms with Crippen molar-refractivity contribution in [1.82, 2.24) is 9.36 Å². The van der Waals surface area contributed by atoms with Crippen LogP contribution in [0.15, 0.2) is 48.8 Å². The Morgan fingerprint density at radius 1 is 1.07 bits per heavy atom. The lowest BCUT2D eigenvalue weighted by molar-refractivity contribution is 0.501. The minimum atomic E-state index is -0.00593. The molecule has 80 valence electrons. The van der Waals surface area contributed by atoms with Crippen LogP contribution in [0.2, 0.25) is 0 Å². The van der Waals surface area contributed by atoms with Crippen molar-refractivity contribution in [1.29, 1.82) is 0 Å². The van der Waals surface area contributed by atoms with Crippen molar-refractivity contribution in [3.63, 3.8) is 0 Å². The summed E-state index contributed by atoms with van der Waals surface area (Å²) in [6.45, 7) is 12.1. The van der Waals surface area contributed by atoms with E-state index in [9.17, 15) is 4.79 Å². The molecule has 0 atom stereocenters. The number of nitrogens with zero attached hydrogens (tertiary/aromatic N) is 2. The molecule has 0 N–H and O–H groups in total. The predicted octanol–water partition coefficient (Wildman–Crippen LogP) is 1.75. The van der Waals surface area contributed by atoms with Crippen LogP contribution in [0.3, 0.4) is 0 Å². The fourth-order valence-corrected chi connectivity index (χ4v) is 1.53. The summed E-state index contributed by atoms with van der Waals surface area (Å²) in [5, 5.41) is 0. The summed E-state index contributed by atoms with van der Waals surface area (Å²) in [7, 11) is 0. The molecule has 3 nitrogen and oxygen atoms in total. The molecule has 1 heterocycles. The molecule has 0 aromatic carbocycles. The third-order valence-corrected chi connectivity index (χ3v) is 2.12. The highest BCUT2D eigenvalue weighted by Crippen LogP contribution is 2.01. The highest BCUT2D eigenvalue weighted by molar-refractivity contribution is 5.07. The monoisotopic (exact) mass is 204 g/mol. The zero-order chi connectivity index (χ0) is 11.3. The molecule has 0 radical (unpaired) electrons. The first-order valence-electron chi connectivity index (χ1n) is 4.86. The van der Waals surface area contributed by atoms with Crippen molar-refractivity contribution in [3.8, 4) is 0 Å². The second kappa shape index (κ2) is 5.20. The van der Waals surface area contributed by atoms with Gasteiger partial charge >= 0.3 is 0 Å². The minimum absolute atomic E-state index is 0.00593. The molecule has 0 aliphatic heterocycles. The molecule has 0 saturated carbocycles. The summed E-state index contributed by atoms with van der Waals surface area (Å²) < 4.78 is 3.55. The maximum absolute atomic E-state index is 11.6. The Morgan fingerprint density at radius 2 is 1.67 bits per heavy atom. The van der Waals surface area contributed by atoms with Gasteiger partial charge in [0.2, 0.25) is 0 Å². The van der Waals surface area contributed by atoms with E-state index in [0.717, 1.165) is 5.69 Å². The molecule has 0 amide bonds. The third kappa shape index (κ3) is 2.37. The molecule has 1 aromatic heterocycles. The van der Waals surface area contributed by atoms with Gasteiger partial charge in [0.05, 0.1) is 13.1 Å². The number of allylic oxidation sites excluding steroid dienone is 3. The lowest BCUT2D eigenvalue weighted by atomic mass is 10.3. The van der Waals surface area contributed by atoms with Crippen LogP contribution in [0.4, 0.5) is 0 Å². The largest absolute Gasteiger partial charge is 0.282 e. The van der Waals surface area contributed by atoms with Gasteiger partial charge in [0.25, 0.3) is 5.56 Å². The van der Waals surface area contributed by atoms with Gasteiger partial charge in [-0.2, -0.15) is 0 Å². The molecule has 15 heavy (non-hydrogen) atoms. The van der Waals surface area contributed by atoms with Gasteiger partial charge in [-0.1, -0.05) is 18.2 Å². The second-order valence-electron chi connectivity index (χ2n) is 3.21. The molecule has 0 unspecified atom stereocenters. The summed E-state index contributed by atoms with van der Waals surface area (Å²) in [5.41, 5.74) is 0.949. The van der Waals surface area contributed by atoms with Crippen molar-refractivity contribution in [2.45, 2.75) is 19.5 Å². The topological polar surface area (TPSA) is 26.9 Å². The van der Waals surface area contributed by atoms with E-state index >= 15 is 0 Å². The molecule has 3 heteroatoms. The van der Waals surface area contributed by atoms with Crippen molar-refractivity contribution < 1.29 is 0 Å². The molecular formula is C12H16N2O. The van der Waals surface area contributed by atoms with Gasteiger partial charge in [-0.25, -0.2) is 4.68 Å². The Hall–Kier alpha value is -1.77. The van der Waals surface area contributed by atoms with Gasteiger partial charge in [0.1, 0.15) is 0 Å². The van der Waals surface area contributed by atoms with Crippen LogP contribution in [-0.2, 0) is 19.5 Å². The summed E-state index contributed by atoms with van der Waals surface area (Å²) in [5.74, 6) is 0. The first kappa shape index (κ1) is 11.3. The van der Waals surface area contributed by atoms with Gasteiger partial charge in [0.15, 0.2) is 0 Å². The van der Waals surface area contributed by atoms with Crippen LogP contribution < -0.4 is 5.56 Å². The van der Waals surface area contributed by atoms with Gasteiger partial charge in [-0.05, 0) is 0 Å². The molecule has 1 aromatic rings. The fraction of sp³-hybridized carbons (Fsp3) is 0.250. The lowest BCUT2D eigenvalue weighted by Gasteiger charge is -2.10. The molecular weight excluding hydrogens is 188 g/mol. The Balaban J connectivity index is 3.22. The Morgan fingerprint density at radius 3 is 2.20 bits per heavy atom. The highest BCUT2D eigenvalue weighted by Gasteiger charge is 2.07. The summed E-state index contributed by atoms with van der Waals surface area (Å²) in [6.07, 6.45) is 5.95. The quantitative estimate of drug-likeness (QED) is 0.648. The molecule has 0 aliphatic rings. The van der Waals surface area contributed by atoms with Gasteiger partial charge in [-0.15, -0.1) is 19.7 Å². The number of rotatable bonds is 6. The molecule has 0 aliphatic carbocycles. The summed E-state index contributed by atoms with van der Waals surface area (Å²) >= 11 is 0. The van der Waals surface area contributed by atoms with Crippen LogP contribution in [-0.4, -0.2) is 9.36 Å². The Labute approximate surface area is 89.6 Å². The van der Waals surface area contributed by atoms with E-state index in [-0.39, 0.29) is 5.56 Å². The normalized spacial score (nSPS) is 9.87. The van der Waals surface area contributed by atoms with Crippen molar-refractivity contribution in [3.05, 3.63) is 60.1 Å². The Bertz CT molecular complexity index is 423. The van der Waals surface area contributed by atoms with Crippen molar-refractivity contribution in [2.24, 2.45) is 0 Å². The average molecular weight is 204 g/mol. The zero-order valence-corrected chi connectivity index (χ0v) is 8.85. The van der Waals surface area contributed by atoms with Crippen molar-refractivity contribution >= 4 is 0 Å². The number of hydrogen-bond donors (Lipinski definition) is 0. The second-order valence-corrected chi connectivity index (χ2v) is 3.21. The Kier molecular flexibility index (Phi) is 3.92. The summed E-state index contributed by atoms with van der Waals surface area (Å²) in [4.78, 5) is 11.6.